The molecule has 2 rings (SSSR count). The van der Waals surface area contributed by atoms with Crippen LogP contribution < -0.4 is 4.74 Å². The number of hydrogen-bond acceptors (Lipinski definition) is 4. The van der Waals surface area contributed by atoms with Gasteiger partial charge in [0.1, 0.15) is 11.4 Å². The lowest BCUT2D eigenvalue weighted by molar-refractivity contribution is 0.373. The van der Waals surface area contributed by atoms with Gasteiger partial charge in [-0.2, -0.15) is 0 Å². The Bertz CT molecular complexity index is 579. The van der Waals surface area contributed by atoms with Crippen LogP contribution in [0.15, 0.2) is 47.5 Å². The van der Waals surface area contributed by atoms with E-state index in [2.05, 4.69) is 4.99 Å². The molecule has 0 amide bonds. The number of benzene rings is 2. The van der Waals surface area contributed by atoms with E-state index in [0.29, 0.717) is 17.0 Å². The number of phenols is 2. The molecule has 2 N–H and O–H groups in total. The van der Waals surface area contributed by atoms with Crippen molar-refractivity contribution in [2.24, 2.45) is 4.99 Å². The highest BCUT2D eigenvalue weighted by atomic mass is 16.5. The number of aliphatic imine (C=N–C) groups is 1. The third-order valence-corrected chi connectivity index (χ3v) is 2.47. The second-order valence-electron chi connectivity index (χ2n) is 3.65. The number of hydrogen-bond donors (Lipinski definition) is 2. The fourth-order valence-corrected chi connectivity index (χ4v) is 1.52. The third kappa shape index (κ3) is 2.43. The molecule has 0 fully saturated rings. The monoisotopic (exact) mass is 243 g/mol. The van der Waals surface area contributed by atoms with Gasteiger partial charge >= 0.3 is 0 Å². The van der Waals surface area contributed by atoms with Gasteiger partial charge in [-0.1, -0.05) is 18.2 Å². The Morgan fingerprint density at radius 3 is 2.56 bits per heavy atom. The summed E-state index contributed by atoms with van der Waals surface area (Å²) in [5, 5.41) is 19.4. The molecule has 0 aromatic heterocycles. The molecular formula is C14H13NO3. The predicted octanol–water partition coefficient (Wildman–Crippen LogP) is 2.86. The van der Waals surface area contributed by atoms with Crippen LogP contribution in [0.3, 0.4) is 0 Å². The summed E-state index contributed by atoms with van der Waals surface area (Å²) >= 11 is 0. The molecule has 0 saturated heterocycles. The molecule has 2 aromatic rings. The molecule has 0 bridgehead atoms. The Hall–Kier alpha value is -2.49. The molecule has 18 heavy (non-hydrogen) atoms. The van der Waals surface area contributed by atoms with Crippen LogP contribution in [0.1, 0.15) is 5.56 Å². The van der Waals surface area contributed by atoms with Crippen LogP contribution in [0.2, 0.25) is 0 Å². The van der Waals surface area contributed by atoms with Crippen LogP contribution >= 0.6 is 0 Å². The molecule has 92 valence electrons. The normalized spacial score (nSPS) is 10.7. The van der Waals surface area contributed by atoms with E-state index in [4.69, 9.17) is 4.74 Å². The number of aromatic hydroxyl groups is 2. The summed E-state index contributed by atoms with van der Waals surface area (Å²) in [6.45, 7) is 0. The number of para-hydroxylation sites is 3. The lowest BCUT2D eigenvalue weighted by Crippen LogP contribution is -1.88. The van der Waals surface area contributed by atoms with Gasteiger partial charge in [0.05, 0.1) is 7.11 Å². The molecule has 0 heterocycles. The van der Waals surface area contributed by atoms with Gasteiger partial charge in [-0.3, -0.25) is 4.99 Å². The Balaban J connectivity index is 2.32. The summed E-state index contributed by atoms with van der Waals surface area (Å²) in [6, 6.07) is 11.9. The van der Waals surface area contributed by atoms with Gasteiger partial charge in [0.25, 0.3) is 0 Å². The van der Waals surface area contributed by atoms with Crippen molar-refractivity contribution in [2.45, 2.75) is 0 Å². The molecule has 0 spiro atoms. The molecule has 4 heteroatoms. The fourth-order valence-electron chi connectivity index (χ4n) is 1.52. The standard InChI is InChI=1S/C14H13NO3/c1-18-13-8-4-5-10(14(13)17)9-15-11-6-2-3-7-12(11)16/h2-9,16-17H,1H3. The fraction of sp³-hybridized carbons (Fsp3) is 0.0714. The maximum Gasteiger partial charge on any atom is 0.166 e. The Morgan fingerprint density at radius 1 is 1.06 bits per heavy atom. The van der Waals surface area contributed by atoms with E-state index < -0.39 is 0 Å². The Labute approximate surface area is 105 Å². The highest BCUT2D eigenvalue weighted by molar-refractivity contribution is 5.87. The topological polar surface area (TPSA) is 62.0 Å². The quantitative estimate of drug-likeness (QED) is 0.815. The molecule has 0 aliphatic carbocycles. The van der Waals surface area contributed by atoms with E-state index >= 15 is 0 Å². The summed E-state index contributed by atoms with van der Waals surface area (Å²) in [5.74, 6) is 0.506. The first-order valence-corrected chi connectivity index (χ1v) is 5.40. The van der Waals surface area contributed by atoms with Crippen molar-refractivity contribution in [2.75, 3.05) is 7.11 Å². The average molecular weight is 243 g/mol. The second kappa shape index (κ2) is 5.23. The van der Waals surface area contributed by atoms with Crippen molar-refractivity contribution in [1.29, 1.82) is 0 Å². The highest BCUT2D eigenvalue weighted by Gasteiger charge is 2.05. The van der Waals surface area contributed by atoms with Gasteiger partial charge < -0.3 is 14.9 Å². The highest BCUT2D eigenvalue weighted by Crippen LogP contribution is 2.29. The number of ether oxygens (including phenoxy) is 1. The van der Waals surface area contributed by atoms with Gasteiger partial charge in [0.2, 0.25) is 0 Å². The largest absolute Gasteiger partial charge is 0.506 e. The van der Waals surface area contributed by atoms with Gasteiger partial charge in [0.15, 0.2) is 11.5 Å². The minimum atomic E-state index is 0.0270. The van der Waals surface area contributed by atoms with E-state index in [1.807, 2.05) is 0 Å². The Morgan fingerprint density at radius 2 is 1.83 bits per heavy atom. The summed E-state index contributed by atoms with van der Waals surface area (Å²) in [7, 11) is 1.49. The predicted molar refractivity (Wildman–Crippen MR) is 70.0 cm³/mol. The minimum absolute atomic E-state index is 0.0270. The summed E-state index contributed by atoms with van der Waals surface area (Å²) in [6.07, 6.45) is 1.48. The lowest BCUT2D eigenvalue weighted by atomic mass is 10.2. The molecule has 0 aliphatic rings. The summed E-state index contributed by atoms with van der Waals surface area (Å²) in [5.41, 5.74) is 0.970. The van der Waals surface area contributed by atoms with Gasteiger partial charge in [-0.25, -0.2) is 0 Å². The molecule has 0 saturated carbocycles. The van der Waals surface area contributed by atoms with Crippen molar-refractivity contribution >= 4 is 11.9 Å². The van der Waals surface area contributed by atoms with E-state index in [9.17, 15) is 10.2 Å². The van der Waals surface area contributed by atoms with E-state index in [1.54, 1.807) is 42.5 Å². The first-order chi connectivity index (χ1) is 8.72. The average Bonchev–Trinajstić information content (AvgIpc) is 2.39. The van der Waals surface area contributed by atoms with Crippen molar-refractivity contribution < 1.29 is 14.9 Å². The summed E-state index contributed by atoms with van der Waals surface area (Å²) in [4.78, 5) is 4.12. The minimum Gasteiger partial charge on any atom is -0.506 e. The molecule has 4 nitrogen and oxygen atoms in total. The number of methoxy groups -OCH3 is 1. The Kier molecular flexibility index (Phi) is 3.48. The molecule has 0 aliphatic heterocycles. The second-order valence-corrected chi connectivity index (χ2v) is 3.65. The van der Waals surface area contributed by atoms with Gasteiger partial charge in [-0.05, 0) is 24.3 Å². The number of phenolic OH excluding ortho intramolecular Hbond substituents is 2. The molecule has 0 atom stereocenters. The molecule has 2 aromatic carbocycles. The first-order valence-electron chi connectivity index (χ1n) is 5.40. The van der Waals surface area contributed by atoms with Crippen LogP contribution in [0.4, 0.5) is 5.69 Å². The van der Waals surface area contributed by atoms with Crippen molar-refractivity contribution in [3.8, 4) is 17.2 Å². The SMILES string of the molecule is COc1cccc(C=Nc2ccccc2O)c1O. The lowest BCUT2D eigenvalue weighted by Gasteiger charge is -2.05. The smallest absolute Gasteiger partial charge is 0.166 e. The van der Waals surface area contributed by atoms with Crippen LogP contribution in [-0.4, -0.2) is 23.5 Å². The maximum absolute atomic E-state index is 9.86. The zero-order valence-electron chi connectivity index (χ0n) is 9.87. The first kappa shape index (κ1) is 12.0. The third-order valence-electron chi connectivity index (χ3n) is 2.47. The van der Waals surface area contributed by atoms with Crippen molar-refractivity contribution in [1.82, 2.24) is 0 Å². The zero-order chi connectivity index (χ0) is 13.0. The molecule has 0 unspecified atom stereocenters. The van der Waals surface area contributed by atoms with Crippen molar-refractivity contribution in [3.63, 3.8) is 0 Å². The van der Waals surface area contributed by atoms with Crippen molar-refractivity contribution in [3.05, 3.63) is 48.0 Å². The molecule has 0 radical (unpaired) electrons. The van der Waals surface area contributed by atoms with E-state index in [0.717, 1.165) is 0 Å². The van der Waals surface area contributed by atoms with Crippen LogP contribution in [0.25, 0.3) is 0 Å². The summed E-state index contributed by atoms with van der Waals surface area (Å²) < 4.78 is 5.00. The number of nitrogens with zero attached hydrogens (tertiary/aromatic N) is 1. The molecular weight excluding hydrogens is 230 g/mol. The van der Waals surface area contributed by atoms with Crippen LogP contribution in [-0.2, 0) is 0 Å². The van der Waals surface area contributed by atoms with Crippen LogP contribution in [0.5, 0.6) is 17.2 Å². The van der Waals surface area contributed by atoms with Gasteiger partial charge in [-0.15, -0.1) is 0 Å². The maximum atomic E-state index is 9.86. The van der Waals surface area contributed by atoms with Crippen LogP contribution in [0, 0.1) is 0 Å². The van der Waals surface area contributed by atoms with E-state index in [1.165, 1.54) is 13.3 Å². The van der Waals surface area contributed by atoms with Gasteiger partial charge in [0, 0.05) is 11.8 Å². The zero-order valence-corrected chi connectivity index (χ0v) is 9.87. The van der Waals surface area contributed by atoms with E-state index in [-0.39, 0.29) is 11.5 Å². The number of rotatable bonds is 3.